The summed E-state index contributed by atoms with van der Waals surface area (Å²) in [6.45, 7) is 0. The van der Waals surface area contributed by atoms with Crippen LogP contribution >= 0.6 is 23.2 Å². The van der Waals surface area contributed by atoms with Crippen LogP contribution in [0.1, 0.15) is 17.2 Å². The number of hydrogen-bond acceptors (Lipinski definition) is 3. The molecule has 2 aromatic rings. The SMILES string of the molecule is COc1ccc(C(N)Cc2cc(Cl)ccc2Cl)c(OC)c1. The summed E-state index contributed by atoms with van der Waals surface area (Å²) >= 11 is 12.2. The Morgan fingerprint density at radius 1 is 1.05 bits per heavy atom. The Labute approximate surface area is 134 Å². The molecule has 5 heteroatoms. The molecule has 0 saturated carbocycles. The van der Waals surface area contributed by atoms with Crippen molar-refractivity contribution in [3.05, 3.63) is 57.6 Å². The number of ether oxygens (including phenoxy) is 2. The third-order valence-electron chi connectivity index (χ3n) is 3.29. The lowest BCUT2D eigenvalue weighted by Crippen LogP contribution is -2.14. The summed E-state index contributed by atoms with van der Waals surface area (Å²) in [4.78, 5) is 0. The Balaban J connectivity index is 2.27. The fraction of sp³-hybridized carbons (Fsp3) is 0.250. The minimum Gasteiger partial charge on any atom is -0.497 e. The third-order valence-corrected chi connectivity index (χ3v) is 3.89. The highest BCUT2D eigenvalue weighted by Gasteiger charge is 2.15. The Hall–Kier alpha value is -1.42. The number of methoxy groups -OCH3 is 2. The van der Waals surface area contributed by atoms with Gasteiger partial charge in [-0.2, -0.15) is 0 Å². The largest absolute Gasteiger partial charge is 0.497 e. The van der Waals surface area contributed by atoms with E-state index in [9.17, 15) is 0 Å². The van der Waals surface area contributed by atoms with Gasteiger partial charge in [-0.3, -0.25) is 0 Å². The van der Waals surface area contributed by atoms with Gasteiger partial charge in [0.25, 0.3) is 0 Å². The van der Waals surface area contributed by atoms with E-state index in [4.69, 9.17) is 38.4 Å². The van der Waals surface area contributed by atoms with Crippen molar-refractivity contribution in [2.45, 2.75) is 12.5 Å². The predicted octanol–water partition coefficient (Wildman–Crippen LogP) is 4.25. The van der Waals surface area contributed by atoms with Crippen LogP contribution in [0, 0.1) is 0 Å². The fourth-order valence-electron chi connectivity index (χ4n) is 2.17. The van der Waals surface area contributed by atoms with Gasteiger partial charge in [0.05, 0.1) is 14.2 Å². The van der Waals surface area contributed by atoms with Gasteiger partial charge in [-0.25, -0.2) is 0 Å². The van der Waals surface area contributed by atoms with E-state index in [1.807, 2.05) is 24.3 Å². The molecule has 0 fully saturated rings. The van der Waals surface area contributed by atoms with Crippen LogP contribution in [-0.2, 0) is 6.42 Å². The zero-order valence-corrected chi connectivity index (χ0v) is 13.4. The molecule has 0 aromatic heterocycles. The molecule has 0 bridgehead atoms. The summed E-state index contributed by atoms with van der Waals surface area (Å²) in [5, 5.41) is 1.30. The molecule has 2 rings (SSSR count). The van der Waals surface area contributed by atoms with E-state index in [0.717, 1.165) is 16.9 Å². The second-order valence-corrected chi connectivity index (χ2v) is 5.50. The lowest BCUT2D eigenvalue weighted by Gasteiger charge is -2.17. The molecule has 0 radical (unpaired) electrons. The normalized spacial score (nSPS) is 12.0. The number of benzene rings is 2. The van der Waals surface area contributed by atoms with Gasteiger partial charge in [0.15, 0.2) is 0 Å². The monoisotopic (exact) mass is 325 g/mol. The van der Waals surface area contributed by atoms with Crippen molar-refractivity contribution >= 4 is 23.2 Å². The van der Waals surface area contributed by atoms with Gasteiger partial charge in [0.2, 0.25) is 0 Å². The molecule has 0 aliphatic carbocycles. The van der Waals surface area contributed by atoms with Crippen LogP contribution in [0.3, 0.4) is 0 Å². The van der Waals surface area contributed by atoms with Crippen LogP contribution < -0.4 is 15.2 Å². The van der Waals surface area contributed by atoms with E-state index < -0.39 is 0 Å². The minimum absolute atomic E-state index is 0.248. The highest BCUT2D eigenvalue weighted by molar-refractivity contribution is 6.33. The quantitative estimate of drug-likeness (QED) is 0.893. The van der Waals surface area contributed by atoms with Crippen LogP contribution in [0.4, 0.5) is 0 Å². The van der Waals surface area contributed by atoms with Crippen molar-refractivity contribution in [2.24, 2.45) is 5.73 Å². The van der Waals surface area contributed by atoms with E-state index in [-0.39, 0.29) is 6.04 Å². The van der Waals surface area contributed by atoms with Crippen molar-refractivity contribution in [2.75, 3.05) is 14.2 Å². The maximum atomic E-state index is 6.29. The molecule has 2 N–H and O–H groups in total. The molecule has 1 unspecified atom stereocenters. The molecule has 3 nitrogen and oxygen atoms in total. The maximum absolute atomic E-state index is 6.29. The lowest BCUT2D eigenvalue weighted by molar-refractivity contribution is 0.388. The highest BCUT2D eigenvalue weighted by Crippen LogP contribution is 2.32. The van der Waals surface area contributed by atoms with E-state index in [0.29, 0.717) is 22.2 Å². The molecule has 0 aliphatic heterocycles. The summed E-state index contributed by atoms with van der Waals surface area (Å²) in [6, 6.07) is 10.7. The van der Waals surface area contributed by atoms with Crippen molar-refractivity contribution in [1.82, 2.24) is 0 Å². The minimum atomic E-state index is -0.248. The molecule has 0 aliphatic rings. The standard InChI is InChI=1S/C16H17Cl2NO2/c1-20-12-4-5-13(16(9-12)21-2)15(19)8-10-7-11(17)3-6-14(10)18/h3-7,9,15H,8,19H2,1-2H3. The summed E-state index contributed by atoms with van der Waals surface area (Å²) in [7, 11) is 3.22. The van der Waals surface area contributed by atoms with Gasteiger partial charge < -0.3 is 15.2 Å². The lowest BCUT2D eigenvalue weighted by atomic mass is 9.98. The van der Waals surface area contributed by atoms with Crippen molar-refractivity contribution in [3.63, 3.8) is 0 Å². The topological polar surface area (TPSA) is 44.5 Å². The Morgan fingerprint density at radius 3 is 2.48 bits per heavy atom. The first-order chi connectivity index (χ1) is 10.0. The van der Waals surface area contributed by atoms with Crippen LogP contribution in [0.2, 0.25) is 10.0 Å². The average Bonchev–Trinajstić information content (AvgIpc) is 2.50. The molecule has 0 heterocycles. The van der Waals surface area contributed by atoms with E-state index in [1.54, 1.807) is 26.4 Å². The smallest absolute Gasteiger partial charge is 0.127 e. The van der Waals surface area contributed by atoms with Crippen LogP contribution in [0.25, 0.3) is 0 Å². The number of hydrogen-bond donors (Lipinski definition) is 1. The summed E-state index contributed by atoms with van der Waals surface area (Å²) < 4.78 is 10.6. The summed E-state index contributed by atoms with van der Waals surface area (Å²) in [6.07, 6.45) is 0.572. The maximum Gasteiger partial charge on any atom is 0.127 e. The van der Waals surface area contributed by atoms with Gasteiger partial charge in [-0.15, -0.1) is 0 Å². The molecule has 0 saturated heterocycles. The number of rotatable bonds is 5. The van der Waals surface area contributed by atoms with E-state index >= 15 is 0 Å². The van der Waals surface area contributed by atoms with Crippen molar-refractivity contribution < 1.29 is 9.47 Å². The van der Waals surface area contributed by atoms with E-state index in [1.165, 1.54) is 0 Å². The molecule has 21 heavy (non-hydrogen) atoms. The van der Waals surface area contributed by atoms with E-state index in [2.05, 4.69) is 0 Å². The molecular formula is C16H17Cl2NO2. The van der Waals surface area contributed by atoms with Gasteiger partial charge in [-0.05, 0) is 36.2 Å². The zero-order chi connectivity index (χ0) is 15.4. The van der Waals surface area contributed by atoms with Crippen LogP contribution in [0.5, 0.6) is 11.5 Å². The first-order valence-electron chi connectivity index (χ1n) is 6.46. The first-order valence-corrected chi connectivity index (χ1v) is 7.22. The number of nitrogens with two attached hydrogens (primary N) is 1. The molecule has 1 atom stereocenters. The molecule has 2 aromatic carbocycles. The van der Waals surface area contributed by atoms with Gasteiger partial charge in [0, 0.05) is 27.7 Å². The summed E-state index contributed by atoms with van der Waals surface area (Å²) in [5.74, 6) is 1.42. The molecule has 112 valence electrons. The van der Waals surface area contributed by atoms with Crippen molar-refractivity contribution in [3.8, 4) is 11.5 Å². The molecular weight excluding hydrogens is 309 g/mol. The second-order valence-electron chi connectivity index (χ2n) is 4.65. The Morgan fingerprint density at radius 2 is 1.81 bits per heavy atom. The zero-order valence-electron chi connectivity index (χ0n) is 11.9. The highest BCUT2D eigenvalue weighted by atomic mass is 35.5. The Bertz CT molecular complexity index is 632. The molecule has 0 spiro atoms. The van der Waals surface area contributed by atoms with Gasteiger partial charge >= 0.3 is 0 Å². The summed E-state index contributed by atoms with van der Waals surface area (Å²) in [5.41, 5.74) is 8.10. The Kier molecular flexibility index (Phi) is 5.34. The van der Waals surface area contributed by atoms with Crippen molar-refractivity contribution in [1.29, 1.82) is 0 Å². The van der Waals surface area contributed by atoms with Gasteiger partial charge in [0.1, 0.15) is 11.5 Å². The predicted molar refractivity (Wildman–Crippen MR) is 86.6 cm³/mol. The third kappa shape index (κ3) is 3.82. The second kappa shape index (κ2) is 7.03. The average molecular weight is 326 g/mol. The van der Waals surface area contributed by atoms with Crippen LogP contribution in [0.15, 0.2) is 36.4 Å². The van der Waals surface area contributed by atoms with Crippen LogP contribution in [-0.4, -0.2) is 14.2 Å². The fourth-order valence-corrected chi connectivity index (χ4v) is 2.56. The number of halogens is 2. The molecule has 0 amide bonds. The first kappa shape index (κ1) is 16.0. The van der Waals surface area contributed by atoms with Gasteiger partial charge in [-0.1, -0.05) is 29.3 Å².